The van der Waals surface area contributed by atoms with E-state index >= 15 is 0 Å². The van der Waals surface area contributed by atoms with Crippen molar-refractivity contribution in [3.05, 3.63) is 169 Å². The summed E-state index contributed by atoms with van der Waals surface area (Å²) < 4.78 is 0. The highest BCUT2D eigenvalue weighted by Crippen LogP contribution is 2.85. The van der Waals surface area contributed by atoms with Gasteiger partial charge >= 0.3 is 0 Å². The second kappa shape index (κ2) is 11.6. The van der Waals surface area contributed by atoms with Crippen LogP contribution in [0.5, 0.6) is 0 Å². The molecule has 4 nitrogen and oxygen atoms in total. The van der Waals surface area contributed by atoms with Crippen molar-refractivity contribution >= 4 is 10.8 Å². The molecule has 5 saturated carbocycles. The van der Waals surface area contributed by atoms with Gasteiger partial charge in [0, 0.05) is 33.9 Å². The fourth-order valence-electron chi connectivity index (χ4n) is 12.8. The summed E-state index contributed by atoms with van der Waals surface area (Å²) in [6.07, 6.45) is 9.22. The van der Waals surface area contributed by atoms with Gasteiger partial charge in [-0.3, -0.25) is 4.98 Å². The summed E-state index contributed by atoms with van der Waals surface area (Å²) in [5.74, 6) is 5.39. The van der Waals surface area contributed by atoms with Crippen LogP contribution in [0.2, 0.25) is 0 Å². The van der Waals surface area contributed by atoms with Gasteiger partial charge in [0.25, 0.3) is 0 Å². The van der Waals surface area contributed by atoms with Gasteiger partial charge in [0.1, 0.15) is 0 Å². The first kappa shape index (κ1) is 31.9. The highest BCUT2D eigenvalue weighted by atomic mass is 15.0. The minimum atomic E-state index is 0.0434. The highest BCUT2D eigenvalue weighted by Gasteiger charge is 2.79. The fraction of sp³-hybridized carbons (Fsp3) is 0.208. The standard InChI is InChI=1S/C53H40N4/c1-3-11-35(12-4-1)48-28-44-43-27-38(22-23-45(43)53(47(44)31-54-48)40-25-32-24-39(26-40)46-30-52(46,53)29-32)51-56-49(36-13-5-2-6-14-36)55-50(57-51)37-20-18-34(19-21-37)42-17-9-15-33-10-7-8-16-41(33)42/h1-23,27-28,31-32,39-40,46H,24-26,29-30H2. The Morgan fingerprint density at radius 2 is 1.12 bits per heavy atom. The van der Waals surface area contributed by atoms with Gasteiger partial charge in [-0.2, -0.15) is 0 Å². The Morgan fingerprint density at radius 1 is 0.474 bits per heavy atom. The zero-order valence-corrected chi connectivity index (χ0v) is 31.6. The smallest absolute Gasteiger partial charge is 0.164 e. The third-order valence-electron chi connectivity index (χ3n) is 14.9. The zero-order valence-electron chi connectivity index (χ0n) is 31.6. The summed E-state index contributed by atoms with van der Waals surface area (Å²) in [5, 5.41) is 2.49. The average molecular weight is 733 g/mol. The van der Waals surface area contributed by atoms with E-state index in [0.717, 1.165) is 45.7 Å². The minimum Gasteiger partial charge on any atom is -0.256 e. The maximum Gasteiger partial charge on any atom is 0.164 e. The van der Waals surface area contributed by atoms with Gasteiger partial charge in [-0.25, -0.2) is 15.0 Å². The topological polar surface area (TPSA) is 51.6 Å². The molecule has 0 radical (unpaired) electrons. The van der Waals surface area contributed by atoms with Crippen molar-refractivity contribution in [2.24, 2.45) is 29.1 Å². The molecule has 6 unspecified atom stereocenters. The van der Waals surface area contributed by atoms with E-state index in [1.165, 1.54) is 76.3 Å². The van der Waals surface area contributed by atoms with Crippen LogP contribution < -0.4 is 0 Å². The van der Waals surface area contributed by atoms with E-state index in [0.29, 0.717) is 28.8 Å². The fourth-order valence-corrected chi connectivity index (χ4v) is 12.8. The van der Waals surface area contributed by atoms with Crippen LogP contribution in [-0.2, 0) is 5.41 Å². The third-order valence-corrected chi connectivity index (χ3v) is 14.9. The van der Waals surface area contributed by atoms with Crippen LogP contribution in [0.25, 0.3) is 78.4 Å². The van der Waals surface area contributed by atoms with Gasteiger partial charge < -0.3 is 0 Å². The van der Waals surface area contributed by atoms with Crippen LogP contribution in [0, 0.1) is 29.1 Å². The van der Waals surface area contributed by atoms with Crippen LogP contribution >= 0.6 is 0 Å². The average Bonchev–Trinajstić information content (AvgIpc) is 3.95. The number of rotatable bonds is 5. The lowest BCUT2D eigenvalue weighted by atomic mass is 9.42. The van der Waals surface area contributed by atoms with Gasteiger partial charge in [0.15, 0.2) is 17.5 Å². The van der Waals surface area contributed by atoms with Crippen molar-refractivity contribution in [3.8, 4) is 67.7 Å². The first-order chi connectivity index (χ1) is 28.2. The van der Waals surface area contributed by atoms with E-state index in [2.05, 4.69) is 152 Å². The van der Waals surface area contributed by atoms with Crippen LogP contribution in [0.4, 0.5) is 0 Å². The molecule has 2 heterocycles. The molecule has 6 aliphatic carbocycles. The van der Waals surface area contributed by atoms with Crippen LogP contribution in [0.1, 0.15) is 43.2 Å². The molecule has 6 atom stereocenters. The van der Waals surface area contributed by atoms with Gasteiger partial charge in [0.05, 0.1) is 5.69 Å². The molecule has 5 fully saturated rings. The molecule has 4 bridgehead atoms. The van der Waals surface area contributed by atoms with Crippen molar-refractivity contribution in [2.45, 2.75) is 37.5 Å². The Labute approximate surface area is 332 Å². The molecule has 4 heteroatoms. The summed E-state index contributed by atoms with van der Waals surface area (Å²) in [6, 6.07) is 54.4. The zero-order chi connectivity index (χ0) is 37.3. The van der Waals surface area contributed by atoms with Gasteiger partial charge in [-0.05, 0) is 117 Å². The molecule has 6 aliphatic rings. The normalized spacial score (nSPS) is 25.7. The van der Waals surface area contributed by atoms with E-state index in [1.54, 1.807) is 0 Å². The molecule has 0 amide bonds. The molecule has 0 N–H and O–H groups in total. The molecule has 57 heavy (non-hydrogen) atoms. The van der Waals surface area contributed by atoms with Crippen LogP contribution in [0.15, 0.2) is 158 Å². The SMILES string of the molecule is c1ccc(-c2cc3c(cn2)C2(c4ccc(-c5nc(-c6ccccc6)nc(-c6ccc(-c7cccc8ccccc78)cc6)n5)cc4-3)C3CC4CC(C3)C3CC32C4)cc1. The Morgan fingerprint density at radius 3 is 1.93 bits per heavy atom. The lowest BCUT2D eigenvalue weighted by Gasteiger charge is -2.61. The van der Waals surface area contributed by atoms with Gasteiger partial charge in [0.2, 0.25) is 0 Å². The Balaban J connectivity index is 0.972. The number of aromatic nitrogens is 4. The summed E-state index contributed by atoms with van der Waals surface area (Å²) in [5.41, 5.74) is 13.7. The Hall–Kier alpha value is -6.26. The molecule has 14 rings (SSSR count). The lowest BCUT2D eigenvalue weighted by Crippen LogP contribution is -2.56. The Bertz CT molecular complexity index is 2920. The second-order valence-corrected chi connectivity index (χ2v) is 17.5. The van der Waals surface area contributed by atoms with Crippen molar-refractivity contribution in [3.63, 3.8) is 0 Å². The monoisotopic (exact) mass is 732 g/mol. The minimum absolute atomic E-state index is 0.0434. The van der Waals surface area contributed by atoms with Crippen molar-refractivity contribution in [1.29, 1.82) is 0 Å². The highest BCUT2D eigenvalue weighted by molar-refractivity contribution is 5.97. The van der Waals surface area contributed by atoms with Crippen molar-refractivity contribution in [1.82, 2.24) is 19.9 Å². The Kier molecular flexibility index (Phi) is 6.51. The molecular formula is C53H40N4. The number of fused-ring (bicyclic) bond motifs is 4. The summed E-state index contributed by atoms with van der Waals surface area (Å²) in [7, 11) is 0. The van der Waals surface area contributed by atoms with E-state index in [9.17, 15) is 0 Å². The largest absolute Gasteiger partial charge is 0.256 e. The van der Waals surface area contributed by atoms with Crippen molar-refractivity contribution in [2.75, 3.05) is 0 Å². The first-order valence-corrected chi connectivity index (χ1v) is 20.8. The number of nitrogens with zero attached hydrogens (tertiary/aromatic N) is 4. The van der Waals surface area contributed by atoms with E-state index < -0.39 is 0 Å². The quantitative estimate of drug-likeness (QED) is 0.177. The molecule has 2 spiro atoms. The maximum absolute atomic E-state index is 5.26. The van der Waals surface area contributed by atoms with E-state index in [4.69, 9.17) is 19.9 Å². The van der Waals surface area contributed by atoms with E-state index in [-0.39, 0.29) is 5.41 Å². The first-order valence-electron chi connectivity index (χ1n) is 20.8. The van der Waals surface area contributed by atoms with Gasteiger partial charge in [-0.1, -0.05) is 140 Å². The second-order valence-electron chi connectivity index (χ2n) is 17.5. The molecule has 0 aliphatic heterocycles. The molecular weight excluding hydrogens is 693 g/mol. The predicted molar refractivity (Wildman–Crippen MR) is 228 cm³/mol. The predicted octanol–water partition coefficient (Wildman–Crippen LogP) is 12.5. The third kappa shape index (κ3) is 4.44. The molecule has 6 aromatic carbocycles. The van der Waals surface area contributed by atoms with Crippen LogP contribution in [0.3, 0.4) is 0 Å². The summed E-state index contributed by atoms with van der Waals surface area (Å²) in [4.78, 5) is 20.8. The summed E-state index contributed by atoms with van der Waals surface area (Å²) in [6.45, 7) is 0. The van der Waals surface area contributed by atoms with E-state index in [1.807, 2.05) is 6.07 Å². The number of hydrogen-bond acceptors (Lipinski definition) is 4. The number of benzene rings is 6. The number of pyridine rings is 1. The maximum atomic E-state index is 5.26. The molecule has 2 aromatic heterocycles. The summed E-state index contributed by atoms with van der Waals surface area (Å²) >= 11 is 0. The van der Waals surface area contributed by atoms with Crippen LogP contribution in [-0.4, -0.2) is 19.9 Å². The lowest BCUT2D eigenvalue weighted by molar-refractivity contribution is -0.0498. The van der Waals surface area contributed by atoms with Gasteiger partial charge in [-0.15, -0.1) is 0 Å². The molecule has 272 valence electrons. The van der Waals surface area contributed by atoms with Crippen molar-refractivity contribution < 1.29 is 0 Å². The number of hydrogen-bond donors (Lipinski definition) is 0. The molecule has 8 aromatic rings. The molecule has 0 saturated heterocycles.